The maximum absolute atomic E-state index is 13.9. The van der Waals surface area contributed by atoms with Crippen molar-refractivity contribution in [2.75, 3.05) is 12.3 Å². The summed E-state index contributed by atoms with van der Waals surface area (Å²) in [4.78, 5) is 9.46. The summed E-state index contributed by atoms with van der Waals surface area (Å²) in [5, 5.41) is 3.38. The van der Waals surface area contributed by atoms with E-state index < -0.39 is 0 Å². The molecule has 4 rings (SSSR count). The third kappa shape index (κ3) is 6.36. The van der Waals surface area contributed by atoms with Crippen molar-refractivity contribution in [3.8, 4) is 11.3 Å². The number of nitrogens with zero attached hydrogens (tertiary/aromatic N) is 2. The molecule has 1 heterocycles. The first kappa shape index (κ1) is 27.3. The number of benzene rings is 2. The molecule has 0 unspecified atom stereocenters. The SMILES string of the molecule is C=C(N[C@H](CN)c1cc(F)cc(I)c1)c1ccc(-c2nc([C@H]3CC[C@H](CC)CC3)cnc2N)cc1I. The second-order valence-corrected chi connectivity index (χ2v) is 11.9. The lowest BCUT2D eigenvalue weighted by atomic mass is 9.79. The van der Waals surface area contributed by atoms with Crippen molar-refractivity contribution in [1.29, 1.82) is 0 Å². The van der Waals surface area contributed by atoms with Gasteiger partial charge in [0.05, 0.1) is 17.9 Å². The number of hydrogen-bond acceptors (Lipinski definition) is 5. The molecule has 1 atom stereocenters. The predicted molar refractivity (Wildman–Crippen MR) is 163 cm³/mol. The second kappa shape index (κ2) is 12.2. The summed E-state index contributed by atoms with van der Waals surface area (Å²) in [6.45, 7) is 6.82. The van der Waals surface area contributed by atoms with E-state index in [-0.39, 0.29) is 11.9 Å². The molecule has 1 saturated carbocycles. The smallest absolute Gasteiger partial charge is 0.150 e. The molecule has 0 radical (unpaired) electrons. The quantitative estimate of drug-likeness (QED) is 0.219. The topological polar surface area (TPSA) is 89.8 Å². The van der Waals surface area contributed by atoms with E-state index in [9.17, 15) is 4.39 Å². The molecule has 8 heteroatoms. The lowest BCUT2D eigenvalue weighted by molar-refractivity contribution is 0.315. The Bertz CT molecular complexity index is 1220. The Kier molecular flexibility index (Phi) is 9.21. The fourth-order valence-corrected chi connectivity index (χ4v) is 6.44. The molecule has 0 amide bonds. The van der Waals surface area contributed by atoms with Crippen molar-refractivity contribution in [2.24, 2.45) is 11.7 Å². The number of nitrogen functional groups attached to an aromatic ring is 1. The van der Waals surface area contributed by atoms with E-state index in [0.29, 0.717) is 18.3 Å². The first-order valence-corrected chi connectivity index (χ1v) is 14.5. The van der Waals surface area contributed by atoms with Crippen LogP contribution in [0, 0.1) is 18.9 Å². The predicted octanol–water partition coefficient (Wildman–Crippen LogP) is 7.02. The fourth-order valence-electron chi connectivity index (χ4n) is 4.94. The van der Waals surface area contributed by atoms with E-state index in [1.54, 1.807) is 0 Å². The minimum atomic E-state index is -0.277. The molecule has 1 aliphatic carbocycles. The van der Waals surface area contributed by atoms with Gasteiger partial charge in [-0.25, -0.2) is 14.4 Å². The zero-order valence-corrected chi connectivity index (χ0v) is 24.7. The Morgan fingerprint density at radius 1 is 1.17 bits per heavy atom. The number of nitrogens with two attached hydrogens (primary N) is 2. The van der Waals surface area contributed by atoms with Gasteiger partial charge in [-0.15, -0.1) is 0 Å². The van der Waals surface area contributed by atoms with Crippen molar-refractivity contribution in [2.45, 2.75) is 51.0 Å². The number of anilines is 1. The Labute approximate surface area is 240 Å². The molecule has 0 saturated heterocycles. The van der Waals surface area contributed by atoms with Crippen LogP contribution in [0.5, 0.6) is 0 Å². The Balaban J connectivity index is 1.54. The van der Waals surface area contributed by atoms with Gasteiger partial charge in [0.1, 0.15) is 17.3 Å². The van der Waals surface area contributed by atoms with Gasteiger partial charge in [0.15, 0.2) is 0 Å². The molecule has 1 fully saturated rings. The van der Waals surface area contributed by atoms with Crippen molar-refractivity contribution in [3.63, 3.8) is 0 Å². The third-order valence-corrected chi connectivity index (χ3v) is 8.62. The van der Waals surface area contributed by atoms with Crippen LogP contribution in [0.15, 0.2) is 49.2 Å². The normalized spacial score (nSPS) is 18.6. The average molecular weight is 711 g/mol. The molecule has 1 aliphatic rings. The van der Waals surface area contributed by atoms with Gasteiger partial charge in [-0.1, -0.05) is 32.1 Å². The summed E-state index contributed by atoms with van der Waals surface area (Å²) in [7, 11) is 0. The number of nitrogens with one attached hydrogen (secondary N) is 1. The molecule has 3 aromatic rings. The van der Waals surface area contributed by atoms with Crippen LogP contribution in [0.4, 0.5) is 10.2 Å². The Morgan fingerprint density at radius 3 is 2.56 bits per heavy atom. The van der Waals surface area contributed by atoms with Crippen molar-refractivity contribution < 1.29 is 4.39 Å². The highest BCUT2D eigenvalue weighted by Gasteiger charge is 2.24. The third-order valence-electron chi connectivity index (χ3n) is 7.10. The van der Waals surface area contributed by atoms with Gasteiger partial charge in [0, 0.05) is 36.4 Å². The second-order valence-electron chi connectivity index (χ2n) is 9.46. The highest BCUT2D eigenvalue weighted by atomic mass is 127. The van der Waals surface area contributed by atoms with Gasteiger partial charge < -0.3 is 16.8 Å². The zero-order valence-electron chi connectivity index (χ0n) is 20.4. The van der Waals surface area contributed by atoms with Crippen LogP contribution in [0.25, 0.3) is 17.0 Å². The molecule has 190 valence electrons. The molecule has 0 bridgehead atoms. The first-order valence-electron chi connectivity index (χ1n) is 12.3. The average Bonchev–Trinajstić information content (AvgIpc) is 2.86. The van der Waals surface area contributed by atoms with E-state index in [4.69, 9.17) is 16.5 Å². The van der Waals surface area contributed by atoms with Crippen molar-refractivity contribution in [3.05, 3.63) is 79.0 Å². The molecule has 1 aromatic heterocycles. The minimum absolute atomic E-state index is 0.252. The van der Waals surface area contributed by atoms with Crippen LogP contribution in [-0.4, -0.2) is 16.5 Å². The number of hydrogen-bond donors (Lipinski definition) is 3. The van der Waals surface area contributed by atoms with E-state index in [1.165, 1.54) is 31.4 Å². The Morgan fingerprint density at radius 2 is 1.92 bits per heavy atom. The monoisotopic (exact) mass is 711 g/mol. The van der Waals surface area contributed by atoms with Gasteiger partial charge in [-0.2, -0.15) is 0 Å². The van der Waals surface area contributed by atoms with Crippen molar-refractivity contribution in [1.82, 2.24) is 15.3 Å². The van der Waals surface area contributed by atoms with E-state index in [1.807, 2.05) is 24.4 Å². The maximum Gasteiger partial charge on any atom is 0.150 e. The summed E-state index contributed by atoms with van der Waals surface area (Å²) in [6.07, 6.45) is 7.92. The number of aromatic nitrogens is 2. The standard InChI is InChI=1S/C28H32FI2N5/c1-3-17-4-6-18(7-5-17)26-15-34-28(33)27(36-26)19-8-9-23(24(31)12-19)16(2)35-25(14-32)20-10-21(29)13-22(30)11-20/h8-13,15,17-18,25,35H,2-7,14,32H2,1H3,(H2,33,34)/t17-,18-,25-/m1/s1. The summed E-state index contributed by atoms with van der Waals surface area (Å²) in [6, 6.07) is 10.8. The van der Waals surface area contributed by atoms with Gasteiger partial charge in [-0.05, 0) is 107 Å². The van der Waals surface area contributed by atoms with Crippen LogP contribution in [0.1, 0.15) is 67.8 Å². The summed E-state index contributed by atoms with van der Waals surface area (Å²) in [5.41, 5.74) is 17.4. The van der Waals surface area contributed by atoms with Crippen LogP contribution >= 0.6 is 45.2 Å². The maximum atomic E-state index is 13.9. The number of halogens is 3. The van der Waals surface area contributed by atoms with E-state index in [2.05, 4.69) is 75.1 Å². The van der Waals surface area contributed by atoms with Crippen LogP contribution in [-0.2, 0) is 0 Å². The zero-order chi connectivity index (χ0) is 25.8. The van der Waals surface area contributed by atoms with Crippen LogP contribution in [0.3, 0.4) is 0 Å². The molecule has 0 spiro atoms. The Hall–Kier alpha value is -1.79. The molecule has 5 nitrogen and oxygen atoms in total. The van der Waals surface area contributed by atoms with Gasteiger partial charge in [-0.3, -0.25) is 0 Å². The summed E-state index contributed by atoms with van der Waals surface area (Å²) >= 11 is 4.41. The highest BCUT2D eigenvalue weighted by molar-refractivity contribution is 14.1. The van der Waals surface area contributed by atoms with E-state index >= 15 is 0 Å². The lowest BCUT2D eigenvalue weighted by Gasteiger charge is -2.27. The molecule has 36 heavy (non-hydrogen) atoms. The minimum Gasteiger partial charge on any atom is -0.382 e. The molecular formula is C28H32FI2N5. The lowest BCUT2D eigenvalue weighted by Crippen LogP contribution is -2.27. The fraction of sp³-hybridized carbons (Fsp3) is 0.357. The summed E-state index contributed by atoms with van der Waals surface area (Å²) < 4.78 is 15.8. The molecule has 2 aromatic carbocycles. The van der Waals surface area contributed by atoms with Gasteiger partial charge >= 0.3 is 0 Å². The number of rotatable bonds is 8. The molecule has 0 aliphatic heterocycles. The van der Waals surface area contributed by atoms with Crippen LogP contribution in [0.2, 0.25) is 0 Å². The molecular weight excluding hydrogens is 679 g/mol. The van der Waals surface area contributed by atoms with Crippen LogP contribution < -0.4 is 16.8 Å². The summed E-state index contributed by atoms with van der Waals surface area (Å²) in [5.74, 6) is 1.44. The largest absolute Gasteiger partial charge is 0.382 e. The molecule has 5 N–H and O–H groups in total. The van der Waals surface area contributed by atoms with Gasteiger partial charge in [0.2, 0.25) is 0 Å². The van der Waals surface area contributed by atoms with Gasteiger partial charge in [0.25, 0.3) is 0 Å². The highest BCUT2D eigenvalue weighted by Crippen LogP contribution is 2.37. The first-order chi connectivity index (χ1) is 17.3. The van der Waals surface area contributed by atoms with E-state index in [0.717, 1.165) is 59.7 Å². The van der Waals surface area contributed by atoms with Crippen molar-refractivity contribution >= 4 is 56.7 Å².